The van der Waals surface area contributed by atoms with Crippen molar-refractivity contribution in [2.45, 2.75) is 0 Å². The maximum atomic E-state index is 12.5. The molecule has 3 aromatic carbocycles. The first-order valence-corrected chi connectivity index (χ1v) is 12.4. The molecular formula is C30H28N4O4. The Balaban J connectivity index is 1.44. The van der Waals surface area contributed by atoms with Gasteiger partial charge >= 0.3 is 5.97 Å². The van der Waals surface area contributed by atoms with E-state index in [1.165, 1.54) is 0 Å². The molecule has 0 bridgehead atoms. The van der Waals surface area contributed by atoms with E-state index in [0.29, 0.717) is 21.9 Å². The van der Waals surface area contributed by atoms with Crippen molar-refractivity contribution in [3.8, 4) is 5.88 Å². The number of likely N-dealkylation sites (N-methyl/N-ethyl adjacent to an activating group) is 1. The van der Waals surface area contributed by atoms with Crippen LogP contribution >= 0.6 is 0 Å². The molecule has 1 aliphatic rings. The number of carbonyl (C=O) groups is 1. The van der Waals surface area contributed by atoms with Gasteiger partial charge in [-0.15, -0.1) is 0 Å². The number of hydrogen-bond donors (Lipinski definition) is 3. The van der Waals surface area contributed by atoms with Crippen LogP contribution < -0.4 is 10.5 Å². The number of anilines is 1. The lowest BCUT2D eigenvalue weighted by Gasteiger charge is -2.34. The molecule has 5 rings (SSSR count). The summed E-state index contributed by atoms with van der Waals surface area (Å²) in [6.45, 7) is 4.02. The summed E-state index contributed by atoms with van der Waals surface area (Å²) in [5, 5.41) is 20.9. The van der Waals surface area contributed by atoms with Gasteiger partial charge in [0.2, 0.25) is 5.88 Å². The van der Waals surface area contributed by atoms with E-state index in [0.717, 1.165) is 43.1 Å². The molecule has 0 amide bonds. The highest BCUT2D eigenvalue weighted by Gasteiger charge is 2.14. The van der Waals surface area contributed by atoms with E-state index >= 15 is 0 Å². The SMILES string of the molecule is CN1CCN(c2ccc(N=Cc3c(O)[nH]c(=O)c4ccc(C=Cc5ccccc5C(=O)O)cc34)cc2)CC1. The number of carboxylic acid groups (broad SMARTS) is 1. The summed E-state index contributed by atoms with van der Waals surface area (Å²) in [7, 11) is 2.13. The summed E-state index contributed by atoms with van der Waals surface area (Å²) in [5.41, 5.74) is 3.37. The van der Waals surface area contributed by atoms with E-state index in [1.54, 1.807) is 60.8 Å². The first-order valence-electron chi connectivity index (χ1n) is 12.4. The third-order valence-electron chi connectivity index (χ3n) is 6.77. The molecule has 192 valence electrons. The molecule has 1 aliphatic heterocycles. The number of piperazine rings is 1. The van der Waals surface area contributed by atoms with Crippen LogP contribution in [0.1, 0.15) is 27.0 Å². The smallest absolute Gasteiger partial charge is 0.336 e. The second kappa shape index (κ2) is 10.7. The average Bonchev–Trinajstić information content (AvgIpc) is 2.92. The lowest BCUT2D eigenvalue weighted by atomic mass is 10.0. The standard InChI is InChI=1S/C30H28N4O4/c1-33-14-16-34(17-15-33)23-11-9-22(10-12-23)31-19-27-26-18-20(7-13-25(26)28(35)32-29(27)36)6-8-21-4-2-3-5-24(21)30(37)38/h2-13,18-19H,14-17H2,1H3,(H,37,38)(H2,32,35,36). The number of aromatic hydroxyl groups is 1. The molecule has 1 fully saturated rings. The number of benzene rings is 3. The van der Waals surface area contributed by atoms with Gasteiger partial charge in [0.25, 0.3) is 5.56 Å². The minimum atomic E-state index is -1.00. The highest BCUT2D eigenvalue weighted by atomic mass is 16.4. The van der Waals surface area contributed by atoms with Crippen LogP contribution in [0, 0.1) is 0 Å². The first kappa shape index (κ1) is 25.0. The number of aromatic carboxylic acids is 1. The van der Waals surface area contributed by atoms with Crippen LogP contribution in [0.15, 0.2) is 76.5 Å². The Morgan fingerprint density at radius 2 is 1.68 bits per heavy atom. The number of pyridine rings is 1. The Kier molecular flexibility index (Phi) is 7.06. The summed E-state index contributed by atoms with van der Waals surface area (Å²) in [6.07, 6.45) is 5.04. The summed E-state index contributed by atoms with van der Waals surface area (Å²) in [4.78, 5) is 35.7. The van der Waals surface area contributed by atoms with Gasteiger partial charge in [0.1, 0.15) is 0 Å². The molecule has 4 aromatic rings. The van der Waals surface area contributed by atoms with Crippen molar-refractivity contribution in [1.82, 2.24) is 9.88 Å². The van der Waals surface area contributed by atoms with E-state index in [1.807, 2.05) is 24.3 Å². The van der Waals surface area contributed by atoms with Gasteiger partial charge in [0.05, 0.1) is 16.8 Å². The molecule has 1 saturated heterocycles. The molecule has 1 aromatic heterocycles. The molecule has 3 N–H and O–H groups in total. The van der Waals surface area contributed by atoms with Gasteiger partial charge < -0.3 is 20.0 Å². The molecule has 0 aliphatic carbocycles. The topological polar surface area (TPSA) is 109 Å². The number of hydrogen-bond acceptors (Lipinski definition) is 6. The number of aromatic nitrogens is 1. The normalized spacial score (nSPS) is 14.6. The minimum Gasteiger partial charge on any atom is -0.494 e. The van der Waals surface area contributed by atoms with Gasteiger partial charge in [-0.2, -0.15) is 0 Å². The Bertz CT molecular complexity index is 1600. The molecule has 38 heavy (non-hydrogen) atoms. The van der Waals surface area contributed by atoms with Gasteiger partial charge in [-0.05, 0) is 60.6 Å². The zero-order valence-electron chi connectivity index (χ0n) is 21.0. The maximum Gasteiger partial charge on any atom is 0.336 e. The predicted octanol–water partition coefficient (Wildman–Crippen LogP) is 4.60. The number of nitrogens with one attached hydrogen (secondary N) is 1. The molecule has 8 heteroatoms. The van der Waals surface area contributed by atoms with Crippen molar-refractivity contribution in [2.24, 2.45) is 4.99 Å². The van der Waals surface area contributed by atoms with E-state index in [-0.39, 0.29) is 11.4 Å². The zero-order valence-corrected chi connectivity index (χ0v) is 21.0. The summed E-state index contributed by atoms with van der Waals surface area (Å²) in [6, 6.07) is 19.9. The van der Waals surface area contributed by atoms with E-state index < -0.39 is 11.5 Å². The Hall–Kier alpha value is -4.69. The maximum absolute atomic E-state index is 12.5. The van der Waals surface area contributed by atoms with Crippen molar-refractivity contribution < 1.29 is 15.0 Å². The minimum absolute atomic E-state index is 0.199. The third-order valence-corrected chi connectivity index (χ3v) is 6.77. The van der Waals surface area contributed by atoms with E-state index in [2.05, 4.69) is 26.8 Å². The summed E-state index contributed by atoms with van der Waals surface area (Å²) >= 11 is 0. The monoisotopic (exact) mass is 508 g/mol. The Labute approximate surface area is 219 Å². The fraction of sp³-hybridized carbons (Fsp3) is 0.167. The van der Waals surface area contributed by atoms with Gasteiger partial charge in [0.15, 0.2) is 0 Å². The fourth-order valence-corrected chi connectivity index (χ4v) is 4.56. The lowest BCUT2D eigenvalue weighted by Crippen LogP contribution is -2.44. The van der Waals surface area contributed by atoms with Crippen molar-refractivity contribution in [2.75, 3.05) is 38.1 Å². The predicted molar refractivity (Wildman–Crippen MR) is 152 cm³/mol. The van der Waals surface area contributed by atoms with E-state index in [4.69, 9.17) is 0 Å². The number of aromatic amines is 1. The Morgan fingerprint density at radius 3 is 2.42 bits per heavy atom. The number of carboxylic acids is 1. The molecule has 0 saturated carbocycles. The number of rotatable bonds is 6. The fourth-order valence-electron chi connectivity index (χ4n) is 4.56. The molecule has 0 unspecified atom stereocenters. The van der Waals surface area contributed by atoms with Crippen LogP contribution in [-0.4, -0.2) is 65.5 Å². The van der Waals surface area contributed by atoms with E-state index in [9.17, 15) is 19.8 Å². The molecule has 0 radical (unpaired) electrons. The van der Waals surface area contributed by atoms with Crippen LogP contribution in [-0.2, 0) is 0 Å². The highest BCUT2D eigenvalue weighted by molar-refractivity contribution is 6.03. The van der Waals surface area contributed by atoms with Gasteiger partial charge in [-0.1, -0.05) is 36.4 Å². The summed E-state index contributed by atoms with van der Waals surface area (Å²) in [5.74, 6) is -1.27. The summed E-state index contributed by atoms with van der Waals surface area (Å²) < 4.78 is 0. The number of nitrogens with zero attached hydrogens (tertiary/aromatic N) is 3. The molecule has 8 nitrogen and oxygen atoms in total. The Morgan fingerprint density at radius 1 is 0.947 bits per heavy atom. The highest BCUT2D eigenvalue weighted by Crippen LogP contribution is 2.25. The molecule has 2 heterocycles. The van der Waals surface area contributed by atoms with Crippen molar-refractivity contribution in [1.29, 1.82) is 0 Å². The largest absolute Gasteiger partial charge is 0.494 e. The third kappa shape index (κ3) is 5.35. The quantitative estimate of drug-likeness (QED) is 0.259. The average molecular weight is 509 g/mol. The zero-order chi connectivity index (χ0) is 26.6. The van der Waals surface area contributed by atoms with Gasteiger partial charge in [-0.3, -0.25) is 14.8 Å². The van der Waals surface area contributed by atoms with Crippen LogP contribution in [0.2, 0.25) is 0 Å². The molecule has 0 spiro atoms. The second-order valence-electron chi connectivity index (χ2n) is 9.31. The van der Waals surface area contributed by atoms with Gasteiger partial charge in [-0.25, -0.2) is 4.79 Å². The van der Waals surface area contributed by atoms with Crippen LogP contribution in [0.25, 0.3) is 22.9 Å². The van der Waals surface area contributed by atoms with Crippen molar-refractivity contribution in [3.63, 3.8) is 0 Å². The number of fused-ring (bicyclic) bond motifs is 1. The second-order valence-corrected chi connectivity index (χ2v) is 9.31. The van der Waals surface area contributed by atoms with Crippen molar-refractivity contribution >= 4 is 46.5 Å². The van der Waals surface area contributed by atoms with Crippen LogP contribution in [0.4, 0.5) is 11.4 Å². The van der Waals surface area contributed by atoms with Gasteiger partial charge in [0, 0.05) is 48.9 Å². The van der Waals surface area contributed by atoms with Crippen LogP contribution in [0.5, 0.6) is 5.88 Å². The molecular weight excluding hydrogens is 480 g/mol. The number of aliphatic imine (C=N–C) groups is 1. The molecule has 0 atom stereocenters. The first-order chi connectivity index (χ1) is 18.4. The lowest BCUT2D eigenvalue weighted by molar-refractivity contribution is 0.0696. The van der Waals surface area contributed by atoms with Crippen molar-refractivity contribution in [3.05, 3.63) is 99.3 Å². The number of H-pyrrole nitrogens is 1. The van der Waals surface area contributed by atoms with Crippen LogP contribution in [0.3, 0.4) is 0 Å².